The summed E-state index contributed by atoms with van der Waals surface area (Å²) in [5.41, 5.74) is 10.0. The van der Waals surface area contributed by atoms with Crippen molar-refractivity contribution < 1.29 is 18.3 Å². The second-order valence-corrected chi connectivity index (χ2v) is 7.00. The van der Waals surface area contributed by atoms with Crippen molar-refractivity contribution in [1.82, 2.24) is 5.32 Å². The molecule has 1 amide bonds. The number of hydrogen-bond acceptors (Lipinski definition) is 3. The molecule has 3 N–H and O–H groups in total. The van der Waals surface area contributed by atoms with Gasteiger partial charge < -0.3 is 15.8 Å². The van der Waals surface area contributed by atoms with E-state index in [-0.39, 0.29) is 30.3 Å². The lowest BCUT2D eigenvalue weighted by Gasteiger charge is -2.14. The summed E-state index contributed by atoms with van der Waals surface area (Å²) >= 11 is 0. The van der Waals surface area contributed by atoms with E-state index in [1.54, 1.807) is 0 Å². The third-order valence-corrected chi connectivity index (χ3v) is 5.12. The van der Waals surface area contributed by atoms with Crippen LogP contribution < -0.4 is 11.1 Å². The number of amides is 1. The Morgan fingerprint density at radius 1 is 1.00 bits per heavy atom. The summed E-state index contributed by atoms with van der Waals surface area (Å²) in [6.45, 7) is 0.347. The van der Waals surface area contributed by atoms with Crippen LogP contribution in [0.4, 0.5) is 19.3 Å². The number of nitrogens with two attached hydrogens (primary N) is 1. The number of carbonyl (C=O) groups excluding carboxylic acids is 1. The van der Waals surface area contributed by atoms with E-state index < -0.39 is 17.7 Å². The first-order chi connectivity index (χ1) is 14.5. The standard InChI is InChI=1S/C24H20F2N2O2/c25-21-13-22(26)23(27)12-15(21)6-5-11-28-24(29)30-14-20-18-9-3-1-7-16(18)17-8-2-4-10-19(17)20/h1-10,12-13,20H,11,14,27H2,(H,28,29). The van der Waals surface area contributed by atoms with Crippen molar-refractivity contribution in [3.8, 4) is 11.1 Å². The van der Waals surface area contributed by atoms with Crippen molar-refractivity contribution in [2.75, 3.05) is 18.9 Å². The van der Waals surface area contributed by atoms with Gasteiger partial charge >= 0.3 is 6.09 Å². The molecule has 1 aliphatic rings. The number of halogens is 2. The molecule has 0 bridgehead atoms. The van der Waals surface area contributed by atoms with Crippen LogP contribution in [0.2, 0.25) is 0 Å². The van der Waals surface area contributed by atoms with E-state index in [2.05, 4.69) is 17.4 Å². The third kappa shape index (κ3) is 3.89. The molecule has 3 aromatic carbocycles. The van der Waals surface area contributed by atoms with Crippen molar-refractivity contribution >= 4 is 17.9 Å². The molecule has 0 aromatic heterocycles. The van der Waals surface area contributed by atoms with Crippen molar-refractivity contribution in [2.24, 2.45) is 0 Å². The fourth-order valence-corrected chi connectivity index (χ4v) is 3.69. The van der Waals surface area contributed by atoms with Gasteiger partial charge in [0.05, 0.1) is 5.69 Å². The molecule has 3 aromatic rings. The number of ether oxygens (including phenoxy) is 1. The van der Waals surface area contributed by atoms with Gasteiger partial charge in [-0.15, -0.1) is 0 Å². The Morgan fingerprint density at radius 2 is 1.63 bits per heavy atom. The largest absolute Gasteiger partial charge is 0.449 e. The van der Waals surface area contributed by atoms with Crippen LogP contribution in [0.1, 0.15) is 22.6 Å². The van der Waals surface area contributed by atoms with Crippen LogP contribution in [0.3, 0.4) is 0 Å². The number of anilines is 1. The van der Waals surface area contributed by atoms with Gasteiger partial charge in [0.2, 0.25) is 0 Å². The highest BCUT2D eigenvalue weighted by Crippen LogP contribution is 2.44. The summed E-state index contributed by atoms with van der Waals surface area (Å²) in [4.78, 5) is 12.1. The molecule has 152 valence electrons. The van der Waals surface area contributed by atoms with Crippen molar-refractivity contribution in [1.29, 1.82) is 0 Å². The normalized spacial score (nSPS) is 12.6. The molecule has 0 radical (unpaired) electrons. The molecule has 0 atom stereocenters. The number of benzene rings is 3. The minimum absolute atomic E-state index is 0.0185. The summed E-state index contributed by atoms with van der Waals surface area (Å²) in [5.74, 6) is -1.55. The van der Waals surface area contributed by atoms with Gasteiger partial charge in [0.25, 0.3) is 0 Å². The van der Waals surface area contributed by atoms with E-state index in [4.69, 9.17) is 10.5 Å². The number of nitrogens with one attached hydrogen (secondary N) is 1. The fraction of sp³-hybridized carbons (Fsp3) is 0.125. The summed E-state index contributed by atoms with van der Waals surface area (Å²) in [6.07, 6.45) is 2.40. The monoisotopic (exact) mass is 406 g/mol. The average Bonchev–Trinajstić information content (AvgIpc) is 3.07. The molecular weight excluding hydrogens is 386 g/mol. The highest BCUT2D eigenvalue weighted by molar-refractivity contribution is 5.79. The lowest BCUT2D eigenvalue weighted by atomic mass is 9.98. The Kier molecular flexibility index (Phi) is 5.48. The van der Waals surface area contributed by atoms with Gasteiger partial charge in [0.1, 0.15) is 18.2 Å². The maximum absolute atomic E-state index is 13.7. The molecule has 0 unspecified atom stereocenters. The number of alkyl carbamates (subject to hydrolysis) is 1. The molecule has 0 fully saturated rings. The van der Waals surface area contributed by atoms with Crippen LogP contribution in [-0.2, 0) is 4.74 Å². The number of nitrogen functional groups attached to an aromatic ring is 1. The van der Waals surface area contributed by atoms with Crippen LogP contribution in [0.15, 0.2) is 66.7 Å². The molecule has 1 aliphatic carbocycles. The van der Waals surface area contributed by atoms with E-state index in [1.807, 2.05) is 36.4 Å². The van der Waals surface area contributed by atoms with Gasteiger partial charge in [0.15, 0.2) is 0 Å². The summed E-state index contributed by atoms with van der Waals surface area (Å²) in [5, 5.41) is 2.59. The van der Waals surface area contributed by atoms with E-state index in [0.717, 1.165) is 28.3 Å². The lowest BCUT2D eigenvalue weighted by Crippen LogP contribution is -2.26. The van der Waals surface area contributed by atoms with E-state index >= 15 is 0 Å². The maximum Gasteiger partial charge on any atom is 0.407 e. The molecule has 0 heterocycles. The zero-order valence-corrected chi connectivity index (χ0v) is 16.1. The fourth-order valence-electron chi connectivity index (χ4n) is 3.69. The molecule has 0 saturated carbocycles. The van der Waals surface area contributed by atoms with Crippen LogP contribution in [0.5, 0.6) is 0 Å². The summed E-state index contributed by atoms with van der Waals surface area (Å²) in [7, 11) is 0. The number of fused-ring (bicyclic) bond motifs is 3. The molecule has 4 rings (SSSR count). The van der Waals surface area contributed by atoms with Crippen molar-refractivity contribution in [3.63, 3.8) is 0 Å². The van der Waals surface area contributed by atoms with E-state index in [1.165, 1.54) is 18.2 Å². The highest BCUT2D eigenvalue weighted by atomic mass is 19.1. The molecule has 0 spiro atoms. The summed E-state index contributed by atoms with van der Waals surface area (Å²) in [6, 6.07) is 18.1. The number of carbonyl (C=O) groups is 1. The van der Waals surface area contributed by atoms with Gasteiger partial charge in [-0.25, -0.2) is 13.6 Å². The molecule has 6 heteroatoms. The van der Waals surface area contributed by atoms with Crippen LogP contribution >= 0.6 is 0 Å². The van der Waals surface area contributed by atoms with Gasteiger partial charge in [-0.2, -0.15) is 0 Å². The molecule has 4 nitrogen and oxygen atoms in total. The Labute approximate surface area is 173 Å². The molecular formula is C24H20F2N2O2. The second-order valence-electron chi connectivity index (χ2n) is 7.00. The number of hydrogen-bond donors (Lipinski definition) is 2. The zero-order chi connectivity index (χ0) is 21.1. The zero-order valence-electron chi connectivity index (χ0n) is 16.1. The van der Waals surface area contributed by atoms with Gasteiger partial charge in [-0.1, -0.05) is 60.7 Å². The summed E-state index contributed by atoms with van der Waals surface area (Å²) < 4.78 is 32.3. The predicted molar refractivity (Wildman–Crippen MR) is 113 cm³/mol. The highest BCUT2D eigenvalue weighted by Gasteiger charge is 2.28. The first kappa shape index (κ1) is 19.6. The molecule has 0 saturated heterocycles. The first-order valence-corrected chi connectivity index (χ1v) is 9.54. The van der Waals surface area contributed by atoms with Crippen molar-refractivity contribution in [3.05, 3.63) is 95.1 Å². The number of rotatable bonds is 5. The Balaban J connectivity index is 1.34. The smallest absolute Gasteiger partial charge is 0.407 e. The SMILES string of the molecule is Nc1cc(C=CCNC(=O)OCC2c3ccccc3-c3ccccc32)c(F)cc1F. The Morgan fingerprint density at radius 3 is 2.30 bits per heavy atom. The minimum Gasteiger partial charge on any atom is -0.449 e. The third-order valence-electron chi connectivity index (χ3n) is 5.12. The first-order valence-electron chi connectivity index (χ1n) is 9.54. The minimum atomic E-state index is -0.804. The Hall–Kier alpha value is -3.67. The van der Waals surface area contributed by atoms with Crippen LogP contribution in [0.25, 0.3) is 17.2 Å². The van der Waals surface area contributed by atoms with Crippen LogP contribution in [0, 0.1) is 11.6 Å². The average molecular weight is 406 g/mol. The van der Waals surface area contributed by atoms with Gasteiger partial charge in [-0.3, -0.25) is 0 Å². The maximum atomic E-state index is 13.7. The van der Waals surface area contributed by atoms with Gasteiger partial charge in [0, 0.05) is 24.1 Å². The molecule has 0 aliphatic heterocycles. The van der Waals surface area contributed by atoms with E-state index in [9.17, 15) is 13.6 Å². The predicted octanol–water partition coefficient (Wildman–Crippen LogP) is 5.10. The van der Waals surface area contributed by atoms with Crippen molar-refractivity contribution in [2.45, 2.75) is 5.92 Å². The lowest BCUT2D eigenvalue weighted by molar-refractivity contribution is 0.144. The second kappa shape index (κ2) is 8.37. The van der Waals surface area contributed by atoms with Gasteiger partial charge in [-0.05, 0) is 28.3 Å². The Bertz CT molecular complexity index is 1080. The van der Waals surface area contributed by atoms with E-state index in [0.29, 0.717) is 0 Å². The topological polar surface area (TPSA) is 64.3 Å². The van der Waals surface area contributed by atoms with Crippen LogP contribution in [-0.4, -0.2) is 19.2 Å². The molecule has 30 heavy (non-hydrogen) atoms. The quantitative estimate of drug-likeness (QED) is 0.580.